The molecule has 1 aliphatic rings. The Morgan fingerprint density at radius 1 is 1.16 bits per heavy atom. The van der Waals surface area contributed by atoms with Crippen LogP contribution in [0.25, 0.3) is 0 Å². The first-order valence-electron chi connectivity index (χ1n) is 11.1. The van der Waals surface area contributed by atoms with E-state index in [0.29, 0.717) is 24.4 Å². The smallest absolute Gasteiger partial charge is 0.259 e. The Morgan fingerprint density at radius 3 is 2.62 bits per heavy atom. The molecule has 0 aliphatic carbocycles. The molecule has 1 amide bonds. The minimum Gasteiger partial charge on any atom is -0.484 e. The van der Waals surface area contributed by atoms with E-state index >= 15 is 0 Å². The molecule has 2 aromatic carbocycles. The van der Waals surface area contributed by atoms with Gasteiger partial charge >= 0.3 is 0 Å². The minimum absolute atomic E-state index is 0.0342. The van der Waals surface area contributed by atoms with Crippen molar-refractivity contribution in [3.05, 3.63) is 65.7 Å². The Kier molecular flexibility index (Phi) is 8.50. The molecule has 1 aliphatic heterocycles. The van der Waals surface area contributed by atoms with E-state index in [4.69, 9.17) is 4.74 Å². The fourth-order valence-corrected chi connectivity index (χ4v) is 3.83. The zero-order valence-corrected chi connectivity index (χ0v) is 19.5. The van der Waals surface area contributed by atoms with Gasteiger partial charge in [-0.3, -0.25) is 14.7 Å². The van der Waals surface area contributed by atoms with Crippen LogP contribution in [0.2, 0.25) is 0 Å². The van der Waals surface area contributed by atoms with Crippen LogP contribution >= 0.6 is 0 Å². The van der Waals surface area contributed by atoms with Gasteiger partial charge in [0.1, 0.15) is 5.75 Å². The Labute approximate surface area is 191 Å². The molecule has 0 bridgehead atoms. The zero-order valence-electron chi connectivity index (χ0n) is 19.5. The van der Waals surface area contributed by atoms with Crippen LogP contribution in [0.1, 0.15) is 24.5 Å². The summed E-state index contributed by atoms with van der Waals surface area (Å²) in [6, 6.07) is 19.3. The normalized spacial score (nSPS) is 18.9. The van der Waals surface area contributed by atoms with E-state index in [-0.39, 0.29) is 12.5 Å². The predicted molar refractivity (Wildman–Crippen MR) is 129 cm³/mol. The van der Waals surface area contributed by atoms with Crippen molar-refractivity contribution in [1.29, 1.82) is 0 Å². The van der Waals surface area contributed by atoms with E-state index in [1.165, 1.54) is 10.5 Å². The first-order valence-corrected chi connectivity index (χ1v) is 11.1. The van der Waals surface area contributed by atoms with Crippen molar-refractivity contribution in [3.63, 3.8) is 0 Å². The second-order valence-electron chi connectivity index (χ2n) is 8.49. The highest BCUT2D eigenvalue weighted by atomic mass is 16.5. The fraction of sp³-hybridized carbons (Fsp3) is 0.440. The summed E-state index contributed by atoms with van der Waals surface area (Å²) in [5.74, 6) is 1.41. The molecule has 1 saturated heterocycles. The number of ether oxygens (including phenoxy) is 1. The lowest BCUT2D eigenvalue weighted by atomic mass is 10.2. The number of nitrogens with zero attached hydrogens (tertiary/aromatic N) is 3. The van der Waals surface area contributed by atoms with Gasteiger partial charge in [0.2, 0.25) is 0 Å². The van der Waals surface area contributed by atoms with Crippen LogP contribution in [0.5, 0.6) is 5.75 Å². The van der Waals surface area contributed by atoms with Crippen LogP contribution in [0, 0.1) is 0 Å². The van der Waals surface area contributed by atoms with Gasteiger partial charge in [0.25, 0.3) is 5.91 Å². The lowest BCUT2D eigenvalue weighted by molar-refractivity contribution is -0.130. The molecule has 1 fully saturated rings. The summed E-state index contributed by atoms with van der Waals surface area (Å²) < 4.78 is 5.61. The molecular weight excluding hydrogens is 402 g/mol. The molecular formula is C25H35N5O2. The number of guanidine groups is 1. The molecule has 32 heavy (non-hydrogen) atoms. The maximum absolute atomic E-state index is 11.7. The Morgan fingerprint density at radius 2 is 1.91 bits per heavy atom. The molecule has 2 N–H and O–H groups in total. The molecule has 172 valence electrons. The van der Waals surface area contributed by atoms with Gasteiger partial charge in [-0.25, -0.2) is 0 Å². The molecule has 1 heterocycles. The van der Waals surface area contributed by atoms with Crippen molar-refractivity contribution >= 4 is 11.9 Å². The van der Waals surface area contributed by atoms with E-state index in [2.05, 4.69) is 57.8 Å². The number of likely N-dealkylation sites (N-methyl/N-ethyl adjacent to an activating group) is 1. The molecule has 7 nitrogen and oxygen atoms in total. The van der Waals surface area contributed by atoms with Crippen molar-refractivity contribution in [1.82, 2.24) is 20.4 Å². The van der Waals surface area contributed by atoms with Crippen molar-refractivity contribution in [2.45, 2.75) is 38.5 Å². The number of amides is 1. The Bertz CT molecular complexity index is 900. The van der Waals surface area contributed by atoms with Crippen molar-refractivity contribution in [2.75, 3.05) is 34.3 Å². The van der Waals surface area contributed by atoms with Crippen molar-refractivity contribution in [3.8, 4) is 5.75 Å². The van der Waals surface area contributed by atoms with Gasteiger partial charge in [-0.05, 0) is 36.6 Å². The molecule has 2 atom stereocenters. The SMILES string of the molecule is CN=C(NCc1cccc(OCC(=O)N(C)C)c1)NC1CC(C)N(Cc2ccccc2)C1. The lowest BCUT2D eigenvalue weighted by Gasteiger charge is -2.21. The van der Waals surface area contributed by atoms with Crippen LogP contribution in [-0.2, 0) is 17.9 Å². The highest BCUT2D eigenvalue weighted by molar-refractivity contribution is 5.80. The first kappa shape index (κ1) is 23.6. The van der Waals surface area contributed by atoms with Crippen LogP contribution in [0.15, 0.2) is 59.6 Å². The number of aliphatic imine (C=N–C) groups is 1. The standard InChI is InChI=1S/C25H35N5O2/c1-19-13-22(17-30(19)16-20-9-6-5-7-10-20)28-25(26-2)27-15-21-11-8-12-23(14-21)32-18-24(31)29(3)4/h5-12,14,19,22H,13,15-18H2,1-4H3,(H2,26,27,28). The quantitative estimate of drug-likeness (QED) is 0.491. The Hall–Kier alpha value is -3.06. The van der Waals surface area contributed by atoms with Gasteiger partial charge in [-0.1, -0.05) is 42.5 Å². The van der Waals surface area contributed by atoms with Crippen molar-refractivity contribution < 1.29 is 9.53 Å². The average Bonchev–Trinajstić information content (AvgIpc) is 3.14. The van der Waals surface area contributed by atoms with E-state index < -0.39 is 0 Å². The largest absolute Gasteiger partial charge is 0.484 e. The van der Waals surface area contributed by atoms with Gasteiger partial charge in [0.05, 0.1) is 0 Å². The number of carbonyl (C=O) groups is 1. The summed E-state index contributed by atoms with van der Waals surface area (Å²) in [6.45, 7) is 4.89. The van der Waals surface area contributed by atoms with E-state index in [1.807, 2.05) is 24.3 Å². The summed E-state index contributed by atoms with van der Waals surface area (Å²) >= 11 is 0. The lowest BCUT2D eigenvalue weighted by Crippen LogP contribution is -2.44. The molecule has 0 saturated carbocycles. The van der Waals surface area contributed by atoms with E-state index in [1.54, 1.807) is 21.1 Å². The number of likely N-dealkylation sites (tertiary alicyclic amines) is 1. The maximum Gasteiger partial charge on any atom is 0.259 e. The van der Waals surface area contributed by atoms with E-state index in [0.717, 1.165) is 31.0 Å². The average molecular weight is 438 g/mol. The third-order valence-electron chi connectivity index (χ3n) is 5.72. The van der Waals surface area contributed by atoms with Gasteiger partial charge < -0.3 is 20.3 Å². The van der Waals surface area contributed by atoms with Crippen LogP contribution in [0.4, 0.5) is 0 Å². The number of carbonyl (C=O) groups excluding carboxylic acids is 1. The van der Waals surface area contributed by atoms with Crippen LogP contribution in [-0.4, -0.2) is 68.0 Å². The molecule has 2 unspecified atom stereocenters. The maximum atomic E-state index is 11.7. The summed E-state index contributed by atoms with van der Waals surface area (Å²) in [5, 5.41) is 6.96. The second-order valence-corrected chi connectivity index (χ2v) is 8.49. The minimum atomic E-state index is -0.0646. The monoisotopic (exact) mass is 437 g/mol. The highest BCUT2D eigenvalue weighted by Crippen LogP contribution is 2.20. The Balaban J connectivity index is 1.48. The third kappa shape index (κ3) is 6.99. The highest BCUT2D eigenvalue weighted by Gasteiger charge is 2.29. The van der Waals surface area contributed by atoms with Gasteiger partial charge in [0, 0.05) is 52.9 Å². The number of benzene rings is 2. The molecule has 7 heteroatoms. The predicted octanol–water partition coefficient (Wildman–Crippen LogP) is 2.48. The van der Waals surface area contributed by atoms with E-state index in [9.17, 15) is 4.79 Å². The number of hydrogen-bond donors (Lipinski definition) is 2. The van der Waals surface area contributed by atoms with Gasteiger partial charge in [-0.2, -0.15) is 0 Å². The van der Waals surface area contributed by atoms with Gasteiger partial charge in [-0.15, -0.1) is 0 Å². The summed E-state index contributed by atoms with van der Waals surface area (Å²) in [4.78, 5) is 20.2. The number of hydrogen-bond acceptors (Lipinski definition) is 4. The summed E-state index contributed by atoms with van der Waals surface area (Å²) in [7, 11) is 5.23. The first-order chi connectivity index (χ1) is 15.4. The summed E-state index contributed by atoms with van der Waals surface area (Å²) in [5.41, 5.74) is 2.41. The number of rotatable bonds is 8. The topological polar surface area (TPSA) is 69.2 Å². The van der Waals surface area contributed by atoms with Gasteiger partial charge in [0.15, 0.2) is 12.6 Å². The molecule has 3 rings (SSSR count). The fourth-order valence-electron chi connectivity index (χ4n) is 3.83. The molecule has 0 aromatic heterocycles. The van der Waals surface area contributed by atoms with Crippen LogP contribution in [0.3, 0.4) is 0 Å². The van der Waals surface area contributed by atoms with Crippen LogP contribution < -0.4 is 15.4 Å². The summed E-state index contributed by atoms with van der Waals surface area (Å²) in [6.07, 6.45) is 1.08. The van der Waals surface area contributed by atoms with Crippen molar-refractivity contribution in [2.24, 2.45) is 4.99 Å². The molecule has 0 radical (unpaired) electrons. The number of nitrogens with one attached hydrogen (secondary N) is 2. The molecule has 2 aromatic rings. The zero-order chi connectivity index (χ0) is 22.9. The third-order valence-corrected chi connectivity index (χ3v) is 5.72. The second kappa shape index (κ2) is 11.5. The molecule has 0 spiro atoms.